The molecule has 0 atom stereocenters. The van der Waals surface area contributed by atoms with Gasteiger partial charge in [-0.2, -0.15) is 0 Å². The van der Waals surface area contributed by atoms with E-state index >= 15 is 0 Å². The zero-order valence-corrected chi connectivity index (χ0v) is 22.3. The molecule has 1 amide bonds. The first-order valence-electron chi connectivity index (χ1n) is 10.6. The zero-order valence-electron chi connectivity index (χ0n) is 18.6. The number of nitrogens with zero attached hydrogens (tertiary/aromatic N) is 1. The maximum atomic E-state index is 12.5. The molecular formula is C26H22ClIN2O3S. The maximum absolute atomic E-state index is 12.5. The van der Waals surface area contributed by atoms with E-state index in [1.807, 2.05) is 80.6 Å². The van der Waals surface area contributed by atoms with Crippen molar-refractivity contribution in [3.8, 4) is 11.5 Å². The first kappa shape index (κ1) is 24.6. The van der Waals surface area contributed by atoms with Crippen LogP contribution in [-0.4, -0.2) is 17.7 Å². The minimum atomic E-state index is -0.174. The number of rotatable bonds is 7. The van der Waals surface area contributed by atoms with Crippen LogP contribution in [0.25, 0.3) is 6.08 Å². The van der Waals surface area contributed by atoms with Gasteiger partial charge in [0.1, 0.15) is 6.61 Å². The molecule has 1 saturated heterocycles. The maximum Gasteiger partial charge on any atom is 0.264 e. The molecule has 8 heteroatoms. The van der Waals surface area contributed by atoms with Crippen LogP contribution in [0.1, 0.15) is 23.6 Å². The number of nitrogens with one attached hydrogen (secondary N) is 1. The minimum Gasteiger partial charge on any atom is -0.490 e. The highest BCUT2D eigenvalue weighted by Crippen LogP contribution is 2.37. The van der Waals surface area contributed by atoms with Crippen LogP contribution in [0.15, 0.2) is 70.6 Å². The molecule has 0 bridgehead atoms. The van der Waals surface area contributed by atoms with E-state index in [-0.39, 0.29) is 5.91 Å². The van der Waals surface area contributed by atoms with Gasteiger partial charge in [0.25, 0.3) is 5.91 Å². The van der Waals surface area contributed by atoms with Crippen molar-refractivity contribution in [2.75, 3.05) is 6.61 Å². The number of ether oxygens (including phenoxy) is 2. The summed E-state index contributed by atoms with van der Waals surface area (Å²) in [5.41, 5.74) is 3.81. The number of carbonyl (C=O) groups excluding carboxylic acids is 1. The van der Waals surface area contributed by atoms with Crippen molar-refractivity contribution in [1.29, 1.82) is 0 Å². The van der Waals surface area contributed by atoms with Crippen LogP contribution in [0.3, 0.4) is 0 Å². The van der Waals surface area contributed by atoms with Gasteiger partial charge < -0.3 is 14.8 Å². The van der Waals surface area contributed by atoms with Gasteiger partial charge in [-0.1, -0.05) is 41.4 Å². The highest BCUT2D eigenvalue weighted by Gasteiger charge is 2.24. The number of benzene rings is 3. The standard InChI is InChI=1S/C26H22ClIN2O3S/c1-3-32-22-13-18(12-21(28)24(22)33-15-17-6-8-19(27)9-7-17)14-23-25(31)30-26(34-23)29-20-10-4-16(2)5-11-20/h4-14H,3,15H2,1-2H3,(H,29,30,31)/b23-14-. The Morgan fingerprint density at radius 2 is 1.82 bits per heavy atom. The van der Waals surface area contributed by atoms with Crippen LogP contribution in [0, 0.1) is 10.5 Å². The van der Waals surface area contributed by atoms with Crippen LogP contribution in [0.2, 0.25) is 5.02 Å². The number of halogens is 2. The van der Waals surface area contributed by atoms with Gasteiger partial charge >= 0.3 is 0 Å². The van der Waals surface area contributed by atoms with Gasteiger partial charge in [0.2, 0.25) is 0 Å². The highest BCUT2D eigenvalue weighted by atomic mass is 127. The molecule has 0 aliphatic carbocycles. The highest BCUT2D eigenvalue weighted by molar-refractivity contribution is 14.1. The van der Waals surface area contributed by atoms with Gasteiger partial charge in [-0.05, 0) is 102 Å². The van der Waals surface area contributed by atoms with Crippen LogP contribution in [0.4, 0.5) is 5.69 Å². The van der Waals surface area contributed by atoms with Crippen LogP contribution in [0.5, 0.6) is 11.5 Å². The molecule has 0 radical (unpaired) electrons. The lowest BCUT2D eigenvalue weighted by Crippen LogP contribution is -2.19. The average Bonchev–Trinajstić information content (AvgIpc) is 3.14. The minimum absolute atomic E-state index is 0.174. The summed E-state index contributed by atoms with van der Waals surface area (Å²) in [5.74, 6) is 1.13. The molecule has 1 fully saturated rings. The van der Waals surface area contributed by atoms with Gasteiger partial charge in [0.05, 0.1) is 20.8 Å². The first-order chi connectivity index (χ1) is 16.4. The second kappa shape index (κ2) is 11.3. The molecule has 174 valence electrons. The summed E-state index contributed by atoms with van der Waals surface area (Å²) in [7, 11) is 0. The fourth-order valence-corrected chi connectivity index (χ4v) is 4.93. The number of aryl methyl sites for hydroxylation is 1. The van der Waals surface area contributed by atoms with Crippen LogP contribution >= 0.6 is 46.0 Å². The molecule has 1 aliphatic heterocycles. The zero-order chi connectivity index (χ0) is 24.1. The molecule has 3 aromatic rings. The third kappa shape index (κ3) is 6.34. The van der Waals surface area contributed by atoms with Gasteiger partial charge in [0.15, 0.2) is 16.7 Å². The van der Waals surface area contributed by atoms with E-state index in [0.29, 0.717) is 39.8 Å². The van der Waals surface area contributed by atoms with Crippen molar-refractivity contribution in [2.45, 2.75) is 20.5 Å². The topological polar surface area (TPSA) is 59.9 Å². The van der Waals surface area contributed by atoms with Crippen molar-refractivity contribution < 1.29 is 14.3 Å². The Morgan fingerprint density at radius 3 is 2.53 bits per heavy atom. The van der Waals surface area contributed by atoms with Gasteiger partial charge in [0, 0.05) is 5.02 Å². The van der Waals surface area contributed by atoms with Crippen LogP contribution in [-0.2, 0) is 11.4 Å². The number of amidine groups is 1. The van der Waals surface area contributed by atoms with Crippen molar-refractivity contribution in [1.82, 2.24) is 5.32 Å². The number of aliphatic imine (C=N–C) groups is 1. The van der Waals surface area contributed by atoms with Gasteiger partial charge in [-0.3, -0.25) is 4.79 Å². The predicted molar refractivity (Wildman–Crippen MR) is 148 cm³/mol. The van der Waals surface area contributed by atoms with E-state index in [9.17, 15) is 4.79 Å². The molecule has 1 heterocycles. The summed E-state index contributed by atoms with van der Waals surface area (Å²) in [4.78, 5) is 17.6. The summed E-state index contributed by atoms with van der Waals surface area (Å²) in [6.45, 7) is 4.84. The fourth-order valence-electron chi connectivity index (χ4n) is 3.18. The van der Waals surface area contributed by atoms with Crippen LogP contribution < -0.4 is 14.8 Å². The lowest BCUT2D eigenvalue weighted by atomic mass is 10.2. The summed E-state index contributed by atoms with van der Waals surface area (Å²) in [5, 5.41) is 4.08. The van der Waals surface area contributed by atoms with E-state index in [2.05, 4.69) is 32.9 Å². The SMILES string of the molecule is CCOc1cc(/C=C2\SC(=Nc3ccc(C)cc3)NC2=O)cc(I)c1OCc1ccc(Cl)cc1. The first-order valence-corrected chi connectivity index (χ1v) is 12.9. The Hall–Kier alpha value is -2.49. The van der Waals surface area contributed by atoms with E-state index in [1.165, 1.54) is 11.8 Å². The third-order valence-electron chi connectivity index (χ3n) is 4.84. The molecular weight excluding hydrogens is 583 g/mol. The Bertz CT molecular complexity index is 1260. The molecule has 1 N–H and O–H groups in total. The molecule has 3 aromatic carbocycles. The molecule has 4 rings (SSSR count). The quantitative estimate of drug-likeness (QED) is 0.230. The number of hydrogen-bond acceptors (Lipinski definition) is 5. The van der Waals surface area contributed by atoms with E-state index in [4.69, 9.17) is 21.1 Å². The number of hydrogen-bond donors (Lipinski definition) is 1. The lowest BCUT2D eigenvalue weighted by Gasteiger charge is -2.15. The summed E-state index contributed by atoms with van der Waals surface area (Å²) >= 11 is 9.51. The Morgan fingerprint density at radius 1 is 1.09 bits per heavy atom. The summed E-state index contributed by atoms with van der Waals surface area (Å²) < 4.78 is 12.8. The Kier molecular flexibility index (Phi) is 8.18. The second-order valence-corrected chi connectivity index (χ2v) is 10.1. The van der Waals surface area contributed by atoms with Crippen molar-refractivity contribution >= 4 is 68.8 Å². The van der Waals surface area contributed by atoms with E-state index < -0.39 is 0 Å². The van der Waals surface area contributed by atoms with Crippen molar-refractivity contribution in [3.05, 3.63) is 90.9 Å². The smallest absolute Gasteiger partial charge is 0.264 e. The average molecular weight is 605 g/mol. The predicted octanol–water partition coefficient (Wildman–Crippen LogP) is 7.12. The second-order valence-electron chi connectivity index (χ2n) is 7.50. The molecule has 0 saturated carbocycles. The van der Waals surface area contributed by atoms with Crippen molar-refractivity contribution in [2.24, 2.45) is 4.99 Å². The van der Waals surface area contributed by atoms with Gasteiger partial charge in [-0.25, -0.2) is 4.99 Å². The number of amides is 1. The molecule has 1 aliphatic rings. The Labute approximate surface area is 221 Å². The Balaban J connectivity index is 1.54. The summed E-state index contributed by atoms with van der Waals surface area (Å²) in [6.07, 6.45) is 1.84. The monoisotopic (exact) mass is 604 g/mol. The molecule has 0 unspecified atom stereocenters. The van der Waals surface area contributed by atoms with Crippen molar-refractivity contribution in [3.63, 3.8) is 0 Å². The normalized spacial score (nSPS) is 15.6. The number of thioether (sulfide) groups is 1. The molecule has 34 heavy (non-hydrogen) atoms. The third-order valence-corrected chi connectivity index (χ3v) is 6.80. The van der Waals surface area contributed by atoms with E-state index in [0.717, 1.165) is 25.9 Å². The number of carbonyl (C=O) groups is 1. The largest absolute Gasteiger partial charge is 0.490 e. The van der Waals surface area contributed by atoms with Gasteiger partial charge in [-0.15, -0.1) is 0 Å². The fraction of sp³-hybridized carbons (Fsp3) is 0.154. The molecule has 5 nitrogen and oxygen atoms in total. The molecule has 0 aromatic heterocycles. The van der Waals surface area contributed by atoms with E-state index in [1.54, 1.807) is 0 Å². The molecule has 0 spiro atoms. The lowest BCUT2D eigenvalue weighted by molar-refractivity contribution is -0.115. The summed E-state index contributed by atoms with van der Waals surface area (Å²) in [6, 6.07) is 19.2.